The standard InChI is InChI=1S/C6H11F3N2O/c7-6(8,9)2-4-11-3-1-5(10)12/h11H,1-4H2,(H2,10,12). The van der Waals surface area contributed by atoms with Gasteiger partial charge in [-0.1, -0.05) is 0 Å². The van der Waals surface area contributed by atoms with E-state index in [2.05, 4.69) is 5.32 Å². The van der Waals surface area contributed by atoms with Crippen LogP contribution in [0.4, 0.5) is 13.2 Å². The molecule has 72 valence electrons. The smallest absolute Gasteiger partial charge is 0.370 e. The summed E-state index contributed by atoms with van der Waals surface area (Å²) in [5.41, 5.74) is 4.76. The van der Waals surface area contributed by atoms with Gasteiger partial charge in [0.1, 0.15) is 0 Å². The van der Waals surface area contributed by atoms with Gasteiger partial charge in [-0.2, -0.15) is 13.2 Å². The first kappa shape index (κ1) is 11.2. The predicted octanol–water partition coefficient (Wildman–Crippen LogP) is 0.404. The van der Waals surface area contributed by atoms with Crippen molar-refractivity contribution >= 4 is 5.91 Å². The number of hydrogen-bond donors (Lipinski definition) is 2. The molecule has 0 aromatic rings. The van der Waals surface area contributed by atoms with Crippen LogP contribution in [0.15, 0.2) is 0 Å². The van der Waals surface area contributed by atoms with Crippen molar-refractivity contribution in [3.05, 3.63) is 0 Å². The highest BCUT2D eigenvalue weighted by Gasteiger charge is 2.25. The van der Waals surface area contributed by atoms with Gasteiger partial charge in [0, 0.05) is 19.5 Å². The van der Waals surface area contributed by atoms with Crippen LogP contribution in [-0.2, 0) is 4.79 Å². The number of nitrogens with two attached hydrogens (primary N) is 1. The number of halogens is 3. The molecule has 0 spiro atoms. The third-order valence-electron chi connectivity index (χ3n) is 1.13. The lowest BCUT2D eigenvalue weighted by Gasteiger charge is -2.06. The maximum atomic E-state index is 11.5. The summed E-state index contributed by atoms with van der Waals surface area (Å²) in [6.07, 6.45) is -4.96. The van der Waals surface area contributed by atoms with Gasteiger partial charge in [0.05, 0.1) is 6.42 Å². The van der Waals surface area contributed by atoms with Crippen LogP contribution in [0.5, 0.6) is 0 Å². The Morgan fingerprint density at radius 1 is 1.33 bits per heavy atom. The molecule has 0 radical (unpaired) electrons. The average Bonchev–Trinajstić information content (AvgIpc) is 1.83. The lowest BCUT2D eigenvalue weighted by atomic mass is 10.4. The zero-order chi connectivity index (χ0) is 9.61. The number of carbonyl (C=O) groups is 1. The molecule has 6 heteroatoms. The maximum Gasteiger partial charge on any atom is 0.390 e. The van der Waals surface area contributed by atoms with Gasteiger partial charge >= 0.3 is 6.18 Å². The Morgan fingerprint density at radius 3 is 2.33 bits per heavy atom. The Hall–Kier alpha value is -0.780. The highest BCUT2D eigenvalue weighted by molar-refractivity contribution is 5.73. The van der Waals surface area contributed by atoms with Gasteiger partial charge in [-0.25, -0.2) is 0 Å². The van der Waals surface area contributed by atoms with Gasteiger partial charge in [0.15, 0.2) is 0 Å². The molecule has 0 aliphatic rings. The summed E-state index contributed by atoms with van der Waals surface area (Å²) in [5, 5.41) is 2.45. The molecule has 0 aliphatic carbocycles. The van der Waals surface area contributed by atoms with E-state index in [-0.39, 0.29) is 19.5 Å². The molecule has 0 heterocycles. The van der Waals surface area contributed by atoms with E-state index in [1.54, 1.807) is 0 Å². The van der Waals surface area contributed by atoms with E-state index >= 15 is 0 Å². The molecule has 0 unspecified atom stereocenters. The molecule has 3 N–H and O–H groups in total. The first-order valence-electron chi connectivity index (χ1n) is 3.47. The van der Waals surface area contributed by atoms with Crippen LogP contribution < -0.4 is 11.1 Å². The van der Waals surface area contributed by atoms with Crippen molar-refractivity contribution in [3.8, 4) is 0 Å². The average molecular weight is 184 g/mol. The molecule has 0 aromatic carbocycles. The van der Waals surface area contributed by atoms with Gasteiger partial charge in [0.2, 0.25) is 5.91 Å². The minimum Gasteiger partial charge on any atom is -0.370 e. The first-order chi connectivity index (χ1) is 5.42. The fourth-order valence-corrected chi connectivity index (χ4v) is 0.567. The lowest BCUT2D eigenvalue weighted by molar-refractivity contribution is -0.133. The Kier molecular flexibility index (Phi) is 4.65. The third kappa shape index (κ3) is 9.22. The normalized spacial score (nSPS) is 11.6. The van der Waals surface area contributed by atoms with Crippen molar-refractivity contribution in [2.45, 2.75) is 19.0 Å². The van der Waals surface area contributed by atoms with Gasteiger partial charge in [-0.15, -0.1) is 0 Å². The molecule has 0 bridgehead atoms. The second kappa shape index (κ2) is 4.97. The van der Waals surface area contributed by atoms with E-state index in [0.717, 1.165) is 0 Å². The fraction of sp³-hybridized carbons (Fsp3) is 0.833. The summed E-state index contributed by atoms with van der Waals surface area (Å²) in [6, 6.07) is 0. The first-order valence-corrected chi connectivity index (χ1v) is 3.47. The van der Waals surface area contributed by atoms with E-state index in [4.69, 9.17) is 5.73 Å². The summed E-state index contributed by atoms with van der Waals surface area (Å²) in [4.78, 5) is 10.1. The molecule has 0 fully saturated rings. The Morgan fingerprint density at radius 2 is 1.92 bits per heavy atom. The Bertz CT molecular complexity index is 146. The number of primary amides is 1. The molecule has 0 atom stereocenters. The molecule has 1 amide bonds. The fourth-order valence-electron chi connectivity index (χ4n) is 0.567. The van der Waals surface area contributed by atoms with Gasteiger partial charge in [0.25, 0.3) is 0 Å². The van der Waals surface area contributed by atoms with Crippen LogP contribution >= 0.6 is 0 Å². The molecule has 0 rings (SSSR count). The van der Waals surface area contributed by atoms with Crippen molar-refractivity contribution in [3.63, 3.8) is 0 Å². The number of nitrogens with one attached hydrogen (secondary N) is 1. The van der Waals surface area contributed by atoms with Gasteiger partial charge in [-0.3, -0.25) is 4.79 Å². The molecule has 0 saturated heterocycles. The van der Waals surface area contributed by atoms with E-state index in [1.807, 2.05) is 0 Å². The monoisotopic (exact) mass is 184 g/mol. The number of carbonyl (C=O) groups excluding carboxylic acids is 1. The van der Waals surface area contributed by atoms with Crippen molar-refractivity contribution in [1.82, 2.24) is 5.32 Å². The van der Waals surface area contributed by atoms with Gasteiger partial charge < -0.3 is 11.1 Å². The number of hydrogen-bond acceptors (Lipinski definition) is 2. The quantitative estimate of drug-likeness (QED) is 0.608. The topological polar surface area (TPSA) is 55.1 Å². The Balaban J connectivity index is 3.17. The number of alkyl halides is 3. The van der Waals surface area contributed by atoms with Gasteiger partial charge in [-0.05, 0) is 0 Å². The molecule has 0 aromatic heterocycles. The zero-order valence-corrected chi connectivity index (χ0v) is 6.45. The highest BCUT2D eigenvalue weighted by atomic mass is 19.4. The largest absolute Gasteiger partial charge is 0.390 e. The molecule has 0 saturated carbocycles. The second-order valence-electron chi connectivity index (χ2n) is 2.33. The lowest BCUT2D eigenvalue weighted by Crippen LogP contribution is -2.25. The van der Waals surface area contributed by atoms with E-state index in [9.17, 15) is 18.0 Å². The van der Waals surface area contributed by atoms with Crippen molar-refractivity contribution < 1.29 is 18.0 Å². The highest BCUT2D eigenvalue weighted by Crippen LogP contribution is 2.17. The number of amides is 1. The van der Waals surface area contributed by atoms with Crippen molar-refractivity contribution in [2.24, 2.45) is 5.73 Å². The zero-order valence-electron chi connectivity index (χ0n) is 6.45. The van der Waals surface area contributed by atoms with Crippen molar-refractivity contribution in [2.75, 3.05) is 13.1 Å². The van der Waals surface area contributed by atoms with Crippen LogP contribution in [0.1, 0.15) is 12.8 Å². The van der Waals surface area contributed by atoms with Crippen LogP contribution in [0.25, 0.3) is 0 Å². The summed E-state index contributed by atoms with van der Waals surface area (Å²) in [5.74, 6) is -0.519. The summed E-state index contributed by atoms with van der Waals surface area (Å²) < 4.78 is 34.5. The maximum absolute atomic E-state index is 11.5. The van der Waals surface area contributed by atoms with Crippen molar-refractivity contribution in [1.29, 1.82) is 0 Å². The van der Waals surface area contributed by atoms with Crippen LogP contribution in [0.3, 0.4) is 0 Å². The summed E-state index contributed by atoms with van der Waals surface area (Å²) in [7, 11) is 0. The predicted molar refractivity (Wildman–Crippen MR) is 37.4 cm³/mol. The van der Waals surface area contributed by atoms with E-state index < -0.39 is 18.5 Å². The molecule has 12 heavy (non-hydrogen) atoms. The van der Waals surface area contributed by atoms with E-state index in [0.29, 0.717) is 0 Å². The molecular formula is C6H11F3N2O. The molecule has 3 nitrogen and oxygen atoms in total. The summed E-state index contributed by atoms with van der Waals surface area (Å²) in [6.45, 7) is 0.0300. The minimum atomic E-state index is -4.14. The Labute approximate surface area is 68.1 Å². The van der Waals surface area contributed by atoms with E-state index in [1.165, 1.54) is 0 Å². The summed E-state index contributed by atoms with van der Waals surface area (Å²) >= 11 is 0. The molecule has 0 aliphatic heterocycles. The van der Waals surface area contributed by atoms with Crippen LogP contribution in [0.2, 0.25) is 0 Å². The van der Waals surface area contributed by atoms with Crippen LogP contribution in [-0.4, -0.2) is 25.2 Å². The van der Waals surface area contributed by atoms with Crippen LogP contribution in [0, 0.1) is 0 Å². The number of rotatable bonds is 5. The molecular weight excluding hydrogens is 173 g/mol. The second-order valence-corrected chi connectivity index (χ2v) is 2.33. The third-order valence-corrected chi connectivity index (χ3v) is 1.13. The minimum absolute atomic E-state index is 0.0673. The SMILES string of the molecule is NC(=O)CCNCCC(F)(F)F.